The Morgan fingerprint density at radius 2 is 2.33 bits per heavy atom. The number of rotatable bonds is 7. The lowest BCUT2D eigenvalue weighted by atomic mass is 9.99. The average Bonchev–Trinajstić information content (AvgIpc) is 3.09. The molecule has 6 nitrogen and oxygen atoms in total. The van der Waals surface area contributed by atoms with Gasteiger partial charge in [0.25, 0.3) is 0 Å². The highest BCUT2D eigenvalue weighted by atomic mass is 32.2. The Morgan fingerprint density at radius 1 is 1.56 bits per heavy atom. The van der Waals surface area contributed by atoms with Gasteiger partial charge in [0.2, 0.25) is 5.16 Å². The summed E-state index contributed by atoms with van der Waals surface area (Å²) in [7, 11) is 0. The van der Waals surface area contributed by atoms with Crippen molar-refractivity contribution in [2.75, 3.05) is 5.75 Å². The zero-order chi connectivity index (χ0) is 13.0. The summed E-state index contributed by atoms with van der Waals surface area (Å²) in [6.07, 6.45) is 5.09. The molecule has 1 aliphatic carbocycles. The van der Waals surface area contributed by atoms with Crippen molar-refractivity contribution >= 4 is 11.8 Å². The first-order valence-electron chi connectivity index (χ1n) is 6.23. The SMILES string of the molecule is CC(N)(C#N)CCCCSc1nnnn1C1CC1. The number of hydrogen-bond acceptors (Lipinski definition) is 6. The number of hydrogen-bond donors (Lipinski definition) is 1. The fourth-order valence-corrected chi connectivity index (χ4v) is 2.59. The van der Waals surface area contributed by atoms with E-state index in [4.69, 9.17) is 11.0 Å². The Bertz CT molecular complexity index is 431. The molecule has 0 aliphatic heterocycles. The molecule has 0 bridgehead atoms. The van der Waals surface area contributed by atoms with E-state index in [1.807, 2.05) is 4.68 Å². The molecule has 1 saturated carbocycles. The maximum Gasteiger partial charge on any atom is 0.209 e. The molecule has 0 aromatic carbocycles. The highest BCUT2D eigenvalue weighted by Crippen LogP contribution is 2.36. The molecule has 98 valence electrons. The van der Waals surface area contributed by atoms with Crippen molar-refractivity contribution < 1.29 is 0 Å². The lowest BCUT2D eigenvalue weighted by Gasteiger charge is -2.14. The monoisotopic (exact) mass is 266 g/mol. The van der Waals surface area contributed by atoms with Crippen molar-refractivity contribution in [1.29, 1.82) is 5.26 Å². The van der Waals surface area contributed by atoms with Crippen LogP contribution >= 0.6 is 11.8 Å². The van der Waals surface area contributed by atoms with E-state index in [0.717, 1.165) is 30.2 Å². The van der Waals surface area contributed by atoms with Crippen LogP contribution in [0.1, 0.15) is 45.1 Å². The van der Waals surface area contributed by atoms with Crippen LogP contribution < -0.4 is 5.73 Å². The lowest BCUT2D eigenvalue weighted by molar-refractivity contribution is 0.518. The second-order valence-corrected chi connectivity index (χ2v) is 6.03. The van der Waals surface area contributed by atoms with E-state index < -0.39 is 5.54 Å². The van der Waals surface area contributed by atoms with E-state index in [1.54, 1.807) is 18.7 Å². The molecule has 1 unspecified atom stereocenters. The molecule has 0 radical (unpaired) electrons. The van der Waals surface area contributed by atoms with E-state index in [2.05, 4.69) is 21.6 Å². The Hall–Kier alpha value is -1.13. The van der Waals surface area contributed by atoms with Crippen molar-refractivity contribution in [3.63, 3.8) is 0 Å². The second kappa shape index (κ2) is 5.67. The summed E-state index contributed by atoms with van der Waals surface area (Å²) in [5.74, 6) is 0.967. The van der Waals surface area contributed by atoms with Crippen LogP contribution in [0.4, 0.5) is 0 Å². The van der Waals surface area contributed by atoms with Crippen molar-refractivity contribution in [2.24, 2.45) is 5.73 Å². The Balaban J connectivity index is 1.66. The van der Waals surface area contributed by atoms with E-state index >= 15 is 0 Å². The van der Waals surface area contributed by atoms with Gasteiger partial charge in [0.1, 0.15) is 5.54 Å². The minimum Gasteiger partial charge on any atom is -0.314 e. The molecule has 1 aliphatic rings. The molecule has 18 heavy (non-hydrogen) atoms. The molecule has 1 fully saturated rings. The highest BCUT2D eigenvalue weighted by molar-refractivity contribution is 7.99. The Kier molecular flexibility index (Phi) is 4.19. The number of unbranched alkanes of at least 4 members (excludes halogenated alkanes) is 1. The number of nitrogens with two attached hydrogens (primary N) is 1. The van der Waals surface area contributed by atoms with E-state index in [0.29, 0.717) is 6.04 Å². The van der Waals surface area contributed by atoms with Crippen LogP contribution in [-0.4, -0.2) is 31.5 Å². The van der Waals surface area contributed by atoms with Crippen LogP contribution in [0.25, 0.3) is 0 Å². The largest absolute Gasteiger partial charge is 0.314 e. The third-order valence-electron chi connectivity index (χ3n) is 2.93. The number of aromatic nitrogens is 4. The summed E-state index contributed by atoms with van der Waals surface area (Å²) in [5, 5.41) is 21.4. The standard InChI is InChI=1S/C11H18N6S/c1-11(13,8-12)6-2-3-7-18-10-14-15-16-17(10)9-4-5-9/h9H,2-7,13H2,1H3. The third kappa shape index (κ3) is 3.68. The van der Waals surface area contributed by atoms with Gasteiger partial charge in [0.15, 0.2) is 0 Å². The minimum absolute atomic E-state index is 0.522. The van der Waals surface area contributed by atoms with Gasteiger partial charge in [-0.2, -0.15) is 5.26 Å². The van der Waals surface area contributed by atoms with Crippen LogP contribution in [0.15, 0.2) is 5.16 Å². The van der Waals surface area contributed by atoms with Crippen LogP contribution in [-0.2, 0) is 0 Å². The average molecular weight is 266 g/mol. The first kappa shape index (κ1) is 13.3. The topological polar surface area (TPSA) is 93.4 Å². The van der Waals surface area contributed by atoms with Gasteiger partial charge >= 0.3 is 0 Å². The second-order valence-electron chi connectivity index (χ2n) is 4.97. The molecule has 2 N–H and O–H groups in total. The van der Waals surface area contributed by atoms with Crippen molar-refractivity contribution in [2.45, 2.75) is 55.8 Å². The molecule has 0 spiro atoms. The van der Waals surface area contributed by atoms with E-state index in [-0.39, 0.29) is 0 Å². The van der Waals surface area contributed by atoms with Crippen molar-refractivity contribution in [3.05, 3.63) is 0 Å². The predicted octanol–water partition coefficient (Wildman–Crippen LogP) is 1.51. The first-order valence-corrected chi connectivity index (χ1v) is 7.22. The number of thioether (sulfide) groups is 1. The molecule has 1 aromatic heterocycles. The van der Waals surface area contributed by atoms with Gasteiger partial charge in [0, 0.05) is 5.75 Å². The number of tetrazole rings is 1. The van der Waals surface area contributed by atoms with E-state index in [1.165, 1.54) is 12.8 Å². The molecule has 7 heteroatoms. The first-order chi connectivity index (χ1) is 8.62. The molecule has 0 saturated heterocycles. The van der Waals surface area contributed by atoms with Gasteiger partial charge in [-0.05, 0) is 49.5 Å². The summed E-state index contributed by atoms with van der Waals surface area (Å²) >= 11 is 1.68. The summed E-state index contributed by atoms with van der Waals surface area (Å²) in [6, 6.07) is 2.63. The fourth-order valence-electron chi connectivity index (χ4n) is 1.64. The maximum atomic E-state index is 8.80. The molecule has 0 amide bonds. The number of nitriles is 1. The smallest absolute Gasteiger partial charge is 0.209 e. The third-order valence-corrected chi connectivity index (χ3v) is 3.95. The van der Waals surface area contributed by atoms with Gasteiger partial charge in [-0.1, -0.05) is 11.8 Å². The minimum atomic E-state index is -0.694. The summed E-state index contributed by atoms with van der Waals surface area (Å²) < 4.78 is 1.92. The molecule has 2 rings (SSSR count). The van der Waals surface area contributed by atoms with Gasteiger partial charge < -0.3 is 5.73 Å². The van der Waals surface area contributed by atoms with Gasteiger partial charge in [0.05, 0.1) is 12.1 Å². The summed E-state index contributed by atoms with van der Waals surface area (Å²) in [4.78, 5) is 0. The zero-order valence-corrected chi connectivity index (χ0v) is 11.4. The highest BCUT2D eigenvalue weighted by Gasteiger charge is 2.27. The Labute approximate surface area is 111 Å². The van der Waals surface area contributed by atoms with Crippen LogP contribution in [0.3, 0.4) is 0 Å². The molecular weight excluding hydrogens is 248 g/mol. The van der Waals surface area contributed by atoms with Crippen LogP contribution in [0.5, 0.6) is 0 Å². The predicted molar refractivity (Wildman–Crippen MR) is 68.9 cm³/mol. The Morgan fingerprint density at radius 3 is 3.00 bits per heavy atom. The van der Waals surface area contributed by atoms with Crippen molar-refractivity contribution in [3.8, 4) is 6.07 Å². The maximum absolute atomic E-state index is 8.80. The number of nitrogens with zero attached hydrogens (tertiary/aromatic N) is 5. The zero-order valence-electron chi connectivity index (χ0n) is 10.5. The molecule has 1 heterocycles. The summed E-state index contributed by atoms with van der Waals surface area (Å²) in [5.41, 5.74) is 5.07. The van der Waals surface area contributed by atoms with Crippen LogP contribution in [0, 0.1) is 11.3 Å². The van der Waals surface area contributed by atoms with Gasteiger partial charge in [-0.15, -0.1) is 5.10 Å². The van der Waals surface area contributed by atoms with Crippen molar-refractivity contribution in [1.82, 2.24) is 20.2 Å². The quantitative estimate of drug-likeness (QED) is 0.594. The van der Waals surface area contributed by atoms with Crippen LogP contribution in [0.2, 0.25) is 0 Å². The lowest BCUT2D eigenvalue weighted by Crippen LogP contribution is -2.33. The normalized spacial score (nSPS) is 18.3. The molecular formula is C11H18N6S. The molecule has 1 atom stereocenters. The van der Waals surface area contributed by atoms with Gasteiger partial charge in [-0.3, -0.25) is 0 Å². The van der Waals surface area contributed by atoms with Gasteiger partial charge in [-0.25, -0.2) is 4.68 Å². The molecule has 1 aromatic rings. The van der Waals surface area contributed by atoms with E-state index in [9.17, 15) is 0 Å². The fraction of sp³-hybridized carbons (Fsp3) is 0.818. The summed E-state index contributed by atoms with van der Waals surface area (Å²) in [6.45, 7) is 1.77.